The molecule has 0 saturated carbocycles. The maximum Gasteiger partial charge on any atom is 0.223 e. The topological polar surface area (TPSA) is 70.8 Å². The van der Waals surface area contributed by atoms with Gasteiger partial charge in [-0.1, -0.05) is 42.5 Å². The van der Waals surface area contributed by atoms with Crippen molar-refractivity contribution in [2.75, 3.05) is 74.6 Å². The fraction of sp³-hybridized carbons (Fsp3) is 0.429. The Morgan fingerprint density at radius 3 is 2.21 bits per heavy atom. The summed E-state index contributed by atoms with van der Waals surface area (Å²) in [5, 5.41) is 0. The van der Waals surface area contributed by atoms with Crippen LogP contribution in [0.25, 0.3) is 6.08 Å². The van der Waals surface area contributed by atoms with Gasteiger partial charge in [-0.25, -0.2) is 0 Å². The first-order valence-corrected chi connectivity index (χ1v) is 9.94. The highest BCUT2D eigenvalue weighted by Crippen LogP contribution is 2.22. The molecule has 7 heteroatoms. The molecule has 0 atom stereocenters. The molecule has 7 nitrogen and oxygen atoms in total. The van der Waals surface area contributed by atoms with Crippen molar-refractivity contribution in [1.82, 2.24) is 14.9 Å². The SMILES string of the molecule is Nc1nc(N2CCOCC2)cc(N2CCN(CC=Cc3ccccc3)CC2)n1. The van der Waals surface area contributed by atoms with Gasteiger partial charge in [-0.05, 0) is 5.56 Å². The van der Waals surface area contributed by atoms with Crippen LogP contribution in [-0.4, -0.2) is 73.9 Å². The van der Waals surface area contributed by atoms with E-state index in [1.807, 2.05) is 6.07 Å². The van der Waals surface area contributed by atoms with Crippen LogP contribution in [0, 0.1) is 0 Å². The molecule has 0 spiro atoms. The molecule has 0 bridgehead atoms. The first-order chi connectivity index (χ1) is 13.8. The Morgan fingerprint density at radius 1 is 0.893 bits per heavy atom. The smallest absolute Gasteiger partial charge is 0.223 e. The number of morpholine rings is 1. The van der Waals surface area contributed by atoms with Gasteiger partial charge in [0.15, 0.2) is 0 Å². The van der Waals surface area contributed by atoms with E-state index < -0.39 is 0 Å². The van der Waals surface area contributed by atoms with E-state index in [-0.39, 0.29) is 0 Å². The summed E-state index contributed by atoms with van der Waals surface area (Å²) in [6, 6.07) is 12.5. The molecule has 4 rings (SSSR count). The maximum atomic E-state index is 5.99. The zero-order valence-corrected chi connectivity index (χ0v) is 16.2. The molecular weight excluding hydrogens is 352 g/mol. The second kappa shape index (κ2) is 9.03. The number of rotatable bonds is 5. The average Bonchev–Trinajstić information content (AvgIpc) is 2.75. The molecule has 148 valence electrons. The van der Waals surface area contributed by atoms with E-state index in [2.05, 4.69) is 67.2 Å². The van der Waals surface area contributed by atoms with Crippen molar-refractivity contribution in [3.8, 4) is 0 Å². The number of aromatic nitrogens is 2. The highest BCUT2D eigenvalue weighted by molar-refractivity contribution is 5.54. The number of nitrogen functional groups attached to an aromatic ring is 1. The van der Waals surface area contributed by atoms with Crippen molar-refractivity contribution >= 4 is 23.7 Å². The first-order valence-electron chi connectivity index (χ1n) is 9.94. The number of nitrogens with zero attached hydrogens (tertiary/aromatic N) is 5. The van der Waals surface area contributed by atoms with Gasteiger partial charge in [-0.3, -0.25) is 4.90 Å². The Kier molecular flexibility index (Phi) is 6.04. The predicted molar refractivity (Wildman–Crippen MR) is 114 cm³/mol. The van der Waals surface area contributed by atoms with Crippen molar-refractivity contribution < 1.29 is 4.74 Å². The Hall–Kier alpha value is -2.64. The van der Waals surface area contributed by atoms with E-state index in [0.717, 1.165) is 70.7 Å². The molecule has 1 aromatic heterocycles. The second-order valence-corrected chi connectivity index (χ2v) is 7.14. The average molecular weight is 380 g/mol. The Morgan fingerprint density at radius 2 is 1.54 bits per heavy atom. The number of nitrogens with two attached hydrogens (primary N) is 1. The summed E-state index contributed by atoms with van der Waals surface area (Å²) in [6.07, 6.45) is 4.43. The highest BCUT2D eigenvalue weighted by atomic mass is 16.5. The fourth-order valence-electron chi connectivity index (χ4n) is 3.62. The van der Waals surface area contributed by atoms with E-state index in [0.29, 0.717) is 5.95 Å². The molecule has 0 radical (unpaired) electrons. The van der Waals surface area contributed by atoms with Crippen LogP contribution in [0.4, 0.5) is 17.6 Å². The summed E-state index contributed by atoms with van der Waals surface area (Å²) in [5.41, 5.74) is 7.24. The number of benzene rings is 1. The largest absolute Gasteiger partial charge is 0.378 e. The summed E-state index contributed by atoms with van der Waals surface area (Å²) >= 11 is 0. The minimum Gasteiger partial charge on any atom is -0.378 e. The third-order valence-electron chi connectivity index (χ3n) is 5.22. The molecule has 0 unspecified atom stereocenters. The van der Waals surface area contributed by atoms with Crippen molar-refractivity contribution in [2.24, 2.45) is 0 Å². The molecular formula is C21H28N6O. The molecule has 2 aliphatic rings. The van der Waals surface area contributed by atoms with Crippen LogP contribution < -0.4 is 15.5 Å². The Bertz CT molecular complexity index is 783. The van der Waals surface area contributed by atoms with E-state index in [1.54, 1.807) is 0 Å². The molecule has 2 aromatic rings. The van der Waals surface area contributed by atoms with Crippen molar-refractivity contribution in [2.45, 2.75) is 0 Å². The van der Waals surface area contributed by atoms with Crippen molar-refractivity contribution in [1.29, 1.82) is 0 Å². The third-order valence-corrected chi connectivity index (χ3v) is 5.22. The lowest BCUT2D eigenvalue weighted by Crippen LogP contribution is -2.46. The van der Waals surface area contributed by atoms with Gasteiger partial charge in [0.05, 0.1) is 13.2 Å². The normalized spacial score (nSPS) is 18.7. The van der Waals surface area contributed by atoms with Gasteiger partial charge < -0.3 is 20.3 Å². The molecule has 28 heavy (non-hydrogen) atoms. The molecule has 1 aromatic carbocycles. The summed E-state index contributed by atoms with van der Waals surface area (Å²) < 4.78 is 5.43. The minimum absolute atomic E-state index is 0.340. The number of piperazine rings is 1. The van der Waals surface area contributed by atoms with Crippen molar-refractivity contribution in [3.63, 3.8) is 0 Å². The number of ether oxygens (including phenoxy) is 1. The monoisotopic (exact) mass is 380 g/mol. The van der Waals surface area contributed by atoms with Gasteiger partial charge >= 0.3 is 0 Å². The standard InChI is InChI=1S/C21H28N6O/c22-21-23-19(17-20(24-21)27-13-15-28-16-14-27)26-11-9-25(10-12-26)8-4-7-18-5-2-1-3-6-18/h1-7,17H,8-16H2,(H2,22,23,24). The summed E-state index contributed by atoms with van der Waals surface area (Å²) in [4.78, 5) is 15.9. The quantitative estimate of drug-likeness (QED) is 0.847. The van der Waals surface area contributed by atoms with Crippen LogP contribution in [0.3, 0.4) is 0 Å². The van der Waals surface area contributed by atoms with E-state index >= 15 is 0 Å². The lowest BCUT2D eigenvalue weighted by Gasteiger charge is -2.35. The Balaban J connectivity index is 1.33. The Labute approximate surface area is 166 Å². The van der Waals surface area contributed by atoms with Crippen LogP contribution in [0.15, 0.2) is 42.5 Å². The molecule has 0 amide bonds. The number of hydrogen-bond donors (Lipinski definition) is 1. The van der Waals surface area contributed by atoms with Gasteiger partial charge in [0.1, 0.15) is 11.6 Å². The molecule has 2 saturated heterocycles. The maximum absolute atomic E-state index is 5.99. The zero-order chi connectivity index (χ0) is 19.2. The van der Waals surface area contributed by atoms with Crippen LogP contribution >= 0.6 is 0 Å². The van der Waals surface area contributed by atoms with Gasteiger partial charge in [0, 0.05) is 51.9 Å². The predicted octanol–water partition coefficient (Wildman–Crippen LogP) is 1.73. The van der Waals surface area contributed by atoms with Gasteiger partial charge in [-0.15, -0.1) is 0 Å². The van der Waals surface area contributed by atoms with Crippen LogP contribution in [-0.2, 0) is 4.74 Å². The van der Waals surface area contributed by atoms with Gasteiger partial charge in [0.25, 0.3) is 0 Å². The third kappa shape index (κ3) is 4.79. The molecule has 2 aliphatic heterocycles. The van der Waals surface area contributed by atoms with Crippen molar-refractivity contribution in [3.05, 3.63) is 48.0 Å². The van der Waals surface area contributed by atoms with E-state index in [4.69, 9.17) is 10.5 Å². The second-order valence-electron chi connectivity index (χ2n) is 7.14. The minimum atomic E-state index is 0.340. The van der Waals surface area contributed by atoms with Crippen LogP contribution in [0.2, 0.25) is 0 Å². The van der Waals surface area contributed by atoms with Crippen LogP contribution in [0.5, 0.6) is 0 Å². The molecule has 2 fully saturated rings. The lowest BCUT2D eigenvalue weighted by atomic mass is 10.2. The summed E-state index contributed by atoms with van der Waals surface area (Å²) in [7, 11) is 0. The highest BCUT2D eigenvalue weighted by Gasteiger charge is 2.20. The lowest BCUT2D eigenvalue weighted by molar-refractivity contribution is 0.122. The molecule has 2 N–H and O–H groups in total. The molecule has 0 aliphatic carbocycles. The van der Waals surface area contributed by atoms with Gasteiger partial charge in [-0.2, -0.15) is 9.97 Å². The van der Waals surface area contributed by atoms with E-state index in [1.165, 1.54) is 5.56 Å². The first kappa shape index (κ1) is 18.7. The van der Waals surface area contributed by atoms with Gasteiger partial charge in [0.2, 0.25) is 5.95 Å². The van der Waals surface area contributed by atoms with E-state index in [9.17, 15) is 0 Å². The van der Waals surface area contributed by atoms with Crippen LogP contribution in [0.1, 0.15) is 5.56 Å². The summed E-state index contributed by atoms with van der Waals surface area (Å²) in [5.74, 6) is 2.17. The fourth-order valence-corrected chi connectivity index (χ4v) is 3.62. The zero-order valence-electron chi connectivity index (χ0n) is 16.2. The number of anilines is 3. The molecule has 3 heterocycles. The number of hydrogen-bond acceptors (Lipinski definition) is 7. The summed E-state index contributed by atoms with van der Waals surface area (Å²) in [6.45, 7) is 8.02.